The first-order valence-corrected chi connectivity index (χ1v) is 13.2. The summed E-state index contributed by atoms with van der Waals surface area (Å²) in [6.07, 6.45) is 3.46. The quantitative estimate of drug-likeness (QED) is 0.476. The molecule has 1 heterocycles. The molecule has 1 aromatic heterocycles. The lowest BCUT2D eigenvalue weighted by Crippen LogP contribution is -2.37. The number of aryl methyl sites for hydroxylation is 1. The Hall–Kier alpha value is -1.90. The molecular formula is C23H24SSi. The third-order valence-electron chi connectivity index (χ3n) is 5.01. The fourth-order valence-corrected chi connectivity index (χ4v) is 5.58. The van der Waals surface area contributed by atoms with Gasteiger partial charge >= 0.3 is 0 Å². The van der Waals surface area contributed by atoms with Crippen LogP contribution >= 0.6 is 11.3 Å². The van der Waals surface area contributed by atoms with E-state index in [1.54, 1.807) is 0 Å². The van der Waals surface area contributed by atoms with Crippen molar-refractivity contribution in [2.75, 3.05) is 0 Å². The minimum atomic E-state index is -1.24. The van der Waals surface area contributed by atoms with Gasteiger partial charge in [-0.1, -0.05) is 67.3 Å². The van der Waals surface area contributed by atoms with Crippen LogP contribution in [0.5, 0.6) is 0 Å². The van der Waals surface area contributed by atoms with Crippen LogP contribution in [0.25, 0.3) is 22.8 Å². The molecule has 0 atom stereocenters. The van der Waals surface area contributed by atoms with Crippen molar-refractivity contribution in [3.8, 4) is 11.1 Å². The molecule has 2 heteroatoms. The molecule has 25 heavy (non-hydrogen) atoms. The van der Waals surface area contributed by atoms with E-state index in [-0.39, 0.29) is 0 Å². The summed E-state index contributed by atoms with van der Waals surface area (Å²) in [5.41, 5.74) is 7.01. The first-order valence-electron chi connectivity index (χ1n) is 8.92. The highest BCUT2D eigenvalue weighted by molar-refractivity contribution is 7.13. The van der Waals surface area contributed by atoms with Crippen molar-refractivity contribution in [1.29, 1.82) is 0 Å². The number of hydrogen-bond acceptors (Lipinski definition) is 1. The van der Waals surface area contributed by atoms with Gasteiger partial charge in [-0.25, -0.2) is 0 Å². The Balaban J connectivity index is 1.74. The molecule has 4 rings (SSSR count). The van der Waals surface area contributed by atoms with E-state index in [0.717, 1.165) is 6.42 Å². The molecule has 0 saturated heterocycles. The third-order valence-corrected chi connectivity index (χ3v) is 8.16. The zero-order valence-corrected chi connectivity index (χ0v) is 17.2. The summed E-state index contributed by atoms with van der Waals surface area (Å²) < 4.78 is 0. The first-order chi connectivity index (χ1) is 11.9. The number of benzene rings is 2. The number of rotatable bonds is 3. The number of fused-ring (bicyclic) bond motifs is 1. The molecule has 0 nitrogen and oxygen atoms in total. The minimum Gasteiger partial charge on any atom is -0.141 e. The summed E-state index contributed by atoms with van der Waals surface area (Å²) in [6, 6.07) is 20.5. The van der Waals surface area contributed by atoms with E-state index >= 15 is 0 Å². The van der Waals surface area contributed by atoms with E-state index in [0.29, 0.717) is 0 Å². The van der Waals surface area contributed by atoms with Crippen LogP contribution < -0.4 is 5.19 Å². The number of thiophene rings is 1. The standard InChI is InChI=1S/C23H24SSi/c1-16-8-13-23(24-16)19-14-18-6-5-7-21(22(18)15-19)17-9-11-20(12-10-17)25(2,3)4/h5-13,15H,14H2,1-4H3. The van der Waals surface area contributed by atoms with Crippen molar-refractivity contribution in [2.24, 2.45) is 0 Å². The summed E-state index contributed by atoms with van der Waals surface area (Å²) in [7, 11) is -1.24. The molecule has 0 fully saturated rings. The van der Waals surface area contributed by atoms with Gasteiger partial charge in [-0.15, -0.1) is 11.3 Å². The van der Waals surface area contributed by atoms with E-state index in [2.05, 4.69) is 87.2 Å². The lowest BCUT2D eigenvalue weighted by Gasteiger charge is -2.17. The van der Waals surface area contributed by atoms with Gasteiger partial charge in [-0.3, -0.25) is 0 Å². The largest absolute Gasteiger partial charge is 0.141 e. The van der Waals surface area contributed by atoms with Gasteiger partial charge < -0.3 is 0 Å². The SMILES string of the molecule is Cc1ccc(C2=Cc3c(cccc3-c3ccc([Si](C)(C)C)cc3)C2)s1. The summed E-state index contributed by atoms with van der Waals surface area (Å²) in [5, 5.41) is 1.52. The van der Waals surface area contributed by atoms with Crippen molar-refractivity contribution in [2.45, 2.75) is 33.0 Å². The summed E-state index contributed by atoms with van der Waals surface area (Å²) in [5.74, 6) is 0. The number of allylic oxidation sites excluding steroid dienone is 1. The van der Waals surface area contributed by atoms with Gasteiger partial charge in [0, 0.05) is 9.75 Å². The Labute approximate surface area is 155 Å². The Kier molecular flexibility index (Phi) is 4.05. The van der Waals surface area contributed by atoms with Crippen LogP contribution in [-0.4, -0.2) is 8.07 Å². The van der Waals surface area contributed by atoms with Crippen LogP contribution in [-0.2, 0) is 6.42 Å². The van der Waals surface area contributed by atoms with Crippen molar-refractivity contribution < 1.29 is 0 Å². The van der Waals surface area contributed by atoms with Gasteiger partial charge in [0.1, 0.15) is 0 Å². The van der Waals surface area contributed by atoms with Crippen LogP contribution in [0.15, 0.2) is 54.6 Å². The van der Waals surface area contributed by atoms with Gasteiger partial charge in [0.05, 0.1) is 8.07 Å². The van der Waals surface area contributed by atoms with E-state index in [1.165, 1.54) is 42.8 Å². The highest BCUT2D eigenvalue weighted by atomic mass is 32.1. The van der Waals surface area contributed by atoms with E-state index in [4.69, 9.17) is 0 Å². The fourth-order valence-electron chi connectivity index (χ4n) is 3.53. The topological polar surface area (TPSA) is 0 Å². The normalized spacial score (nSPS) is 13.7. The van der Waals surface area contributed by atoms with Crippen molar-refractivity contribution >= 4 is 36.2 Å². The smallest absolute Gasteiger partial charge is 0.0775 e. The highest BCUT2D eigenvalue weighted by Gasteiger charge is 2.20. The minimum absolute atomic E-state index is 1.05. The number of hydrogen-bond donors (Lipinski definition) is 0. The Bertz CT molecular complexity index is 953. The Morgan fingerprint density at radius 2 is 1.64 bits per heavy atom. The van der Waals surface area contributed by atoms with E-state index < -0.39 is 8.07 Å². The van der Waals surface area contributed by atoms with Gasteiger partial charge in [0.15, 0.2) is 0 Å². The second-order valence-corrected chi connectivity index (χ2v) is 14.3. The van der Waals surface area contributed by atoms with Crippen molar-refractivity contribution in [3.63, 3.8) is 0 Å². The summed E-state index contributed by atoms with van der Waals surface area (Å²) in [4.78, 5) is 2.79. The molecular weight excluding hydrogens is 336 g/mol. The molecule has 1 aliphatic carbocycles. The van der Waals surface area contributed by atoms with Gasteiger partial charge in [-0.2, -0.15) is 0 Å². The average Bonchev–Trinajstić information content (AvgIpc) is 3.19. The zero-order valence-electron chi connectivity index (χ0n) is 15.4. The molecule has 0 N–H and O–H groups in total. The predicted octanol–water partition coefficient (Wildman–Crippen LogP) is 6.37. The van der Waals surface area contributed by atoms with Gasteiger partial charge in [0.2, 0.25) is 0 Å². The van der Waals surface area contributed by atoms with Crippen LogP contribution in [0.1, 0.15) is 20.9 Å². The van der Waals surface area contributed by atoms with Gasteiger partial charge in [-0.05, 0) is 59.4 Å². The van der Waals surface area contributed by atoms with E-state index in [1.807, 2.05) is 11.3 Å². The molecule has 0 aliphatic heterocycles. The van der Waals surface area contributed by atoms with Crippen LogP contribution in [0.2, 0.25) is 19.6 Å². The molecule has 0 spiro atoms. The third kappa shape index (κ3) is 3.17. The van der Waals surface area contributed by atoms with Crippen LogP contribution in [0, 0.1) is 6.92 Å². The Morgan fingerprint density at radius 3 is 2.28 bits per heavy atom. The molecule has 0 unspecified atom stereocenters. The first kappa shape index (κ1) is 16.6. The van der Waals surface area contributed by atoms with Crippen LogP contribution in [0.3, 0.4) is 0 Å². The molecule has 0 amide bonds. The monoisotopic (exact) mass is 360 g/mol. The summed E-state index contributed by atoms with van der Waals surface area (Å²) >= 11 is 1.90. The molecule has 2 aromatic carbocycles. The van der Waals surface area contributed by atoms with Crippen LogP contribution in [0.4, 0.5) is 0 Å². The molecule has 0 radical (unpaired) electrons. The summed E-state index contributed by atoms with van der Waals surface area (Å²) in [6.45, 7) is 9.39. The molecule has 3 aromatic rings. The molecule has 1 aliphatic rings. The fraction of sp³-hybridized carbons (Fsp3) is 0.217. The Morgan fingerprint density at radius 1 is 0.880 bits per heavy atom. The maximum absolute atomic E-state index is 2.41. The molecule has 0 saturated carbocycles. The average molecular weight is 361 g/mol. The molecule has 0 bridgehead atoms. The van der Waals surface area contributed by atoms with Crippen molar-refractivity contribution in [3.05, 3.63) is 75.5 Å². The predicted molar refractivity (Wildman–Crippen MR) is 115 cm³/mol. The lowest BCUT2D eigenvalue weighted by molar-refractivity contribution is 1.33. The highest BCUT2D eigenvalue weighted by Crippen LogP contribution is 2.39. The van der Waals surface area contributed by atoms with Gasteiger partial charge in [0.25, 0.3) is 0 Å². The second-order valence-electron chi connectivity index (χ2n) is 7.96. The maximum Gasteiger partial charge on any atom is 0.0775 e. The second kappa shape index (κ2) is 6.12. The zero-order chi connectivity index (χ0) is 17.6. The maximum atomic E-state index is 2.41. The van der Waals surface area contributed by atoms with E-state index in [9.17, 15) is 0 Å². The van der Waals surface area contributed by atoms with Crippen molar-refractivity contribution in [1.82, 2.24) is 0 Å². The molecule has 126 valence electrons. The lowest BCUT2D eigenvalue weighted by atomic mass is 9.97.